The maximum Gasteiger partial charge on any atom is 0.109 e. The van der Waals surface area contributed by atoms with E-state index in [9.17, 15) is 0 Å². The summed E-state index contributed by atoms with van der Waals surface area (Å²) in [6, 6.07) is 6.75. The van der Waals surface area contributed by atoms with Gasteiger partial charge in [0, 0.05) is 19.0 Å². The third-order valence-electron chi connectivity index (χ3n) is 2.90. The number of benzene rings is 1. The van der Waals surface area contributed by atoms with E-state index in [1.165, 1.54) is 5.52 Å². The Morgan fingerprint density at radius 2 is 2.12 bits per heavy atom. The normalized spacial score (nSPS) is 11.6. The lowest BCUT2D eigenvalue weighted by Crippen LogP contribution is -2.05. The lowest BCUT2D eigenvalue weighted by Gasteiger charge is -2.11. The third kappa shape index (κ3) is 1.71. The van der Waals surface area contributed by atoms with Crippen LogP contribution in [0.5, 0.6) is 0 Å². The van der Waals surface area contributed by atoms with Crippen molar-refractivity contribution in [3.63, 3.8) is 0 Å². The SMILES string of the molecule is CCc1nc2cc(CN)ccc2n1C(C)C. The van der Waals surface area contributed by atoms with Crippen molar-refractivity contribution in [2.75, 3.05) is 0 Å². The molecule has 2 N–H and O–H groups in total. The van der Waals surface area contributed by atoms with E-state index in [1.54, 1.807) is 0 Å². The van der Waals surface area contributed by atoms with Crippen LogP contribution in [0.1, 0.15) is 38.2 Å². The van der Waals surface area contributed by atoms with Crippen molar-refractivity contribution in [3.05, 3.63) is 29.6 Å². The molecule has 1 heterocycles. The maximum atomic E-state index is 5.64. The summed E-state index contributed by atoms with van der Waals surface area (Å²) in [6.45, 7) is 7.10. The summed E-state index contributed by atoms with van der Waals surface area (Å²) in [6.07, 6.45) is 0.963. The Labute approximate surface area is 96.3 Å². The number of aryl methyl sites for hydroxylation is 1. The molecule has 0 fully saturated rings. The number of rotatable bonds is 3. The number of aromatic nitrogens is 2. The van der Waals surface area contributed by atoms with Crippen molar-refractivity contribution in [3.8, 4) is 0 Å². The second-order valence-corrected chi connectivity index (χ2v) is 4.37. The molecule has 0 aliphatic rings. The van der Waals surface area contributed by atoms with Gasteiger partial charge >= 0.3 is 0 Å². The Balaban J connectivity index is 2.67. The van der Waals surface area contributed by atoms with Crippen LogP contribution >= 0.6 is 0 Å². The summed E-state index contributed by atoms with van der Waals surface area (Å²) in [4.78, 5) is 4.67. The molecule has 3 heteroatoms. The molecule has 0 amide bonds. The second kappa shape index (κ2) is 4.26. The Morgan fingerprint density at radius 3 is 2.69 bits per heavy atom. The Kier molecular flexibility index (Phi) is 2.97. The molecule has 0 saturated carbocycles. The quantitative estimate of drug-likeness (QED) is 0.859. The molecule has 0 radical (unpaired) electrons. The molecule has 86 valence electrons. The fraction of sp³-hybridized carbons (Fsp3) is 0.462. The van der Waals surface area contributed by atoms with Crippen molar-refractivity contribution >= 4 is 11.0 Å². The minimum Gasteiger partial charge on any atom is -0.326 e. The molecule has 16 heavy (non-hydrogen) atoms. The summed E-state index contributed by atoms with van der Waals surface area (Å²) in [5.41, 5.74) is 9.06. The van der Waals surface area contributed by atoms with Crippen molar-refractivity contribution in [1.82, 2.24) is 9.55 Å². The zero-order valence-electron chi connectivity index (χ0n) is 10.2. The number of hydrogen-bond donors (Lipinski definition) is 1. The molecule has 0 unspecified atom stereocenters. The zero-order chi connectivity index (χ0) is 11.7. The molecule has 2 rings (SSSR count). The van der Waals surface area contributed by atoms with Crippen LogP contribution in [0.2, 0.25) is 0 Å². The average molecular weight is 217 g/mol. The van der Waals surface area contributed by atoms with Crippen molar-refractivity contribution < 1.29 is 0 Å². The first-order chi connectivity index (χ1) is 7.67. The van der Waals surface area contributed by atoms with E-state index < -0.39 is 0 Å². The second-order valence-electron chi connectivity index (χ2n) is 4.37. The molecule has 1 aromatic carbocycles. The number of imidazole rings is 1. The first-order valence-corrected chi connectivity index (χ1v) is 5.87. The lowest BCUT2D eigenvalue weighted by molar-refractivity contribution is 0.588. The van der Waals surface area contributed by atoms with E-state index >= 15 is 0 Å². The van der Waals surface area contributed by atoms with Gasteiger partial charge in [0.1, 0.15) is 5.82 Å². The Bertz CT molecular complexity index is 497. The van der Waals surface area contributed by atoms with Crippen LogP contribution in [-0.2, 0) is 13.0 Å². The molecular weight excluding hydrogens is 198 g/mol. The van der Waals surface area contributed by atoms with Gasteiger partial charge in [0.05, 0.1) is 11.0 Å². The molecule has 0 bridgehead atoms. The van der Waals surface area contributed by atoms with Crippen molar-refractivity contribution in [1.29, 1.82) is 0 Å². The molecule has 0 aliphatic heterocycles. The Hall–Kier alpha value is -1.35. The molecule has 0 atom stereocenters. The fourth-order valence-corrected chi connectivity index (χ4v) is 2.15. The highest BCUT2D eigenvalue weighted by molar-refractivity contribution is 5.77. The van der Waals surface area contributed by atoms with Crippen LogP contribution in [0.4, 0.5) is 0 Å². The van der Waals surface area contributed by atoms with Gasteiger partial charge < -0.3 is 10.3 Å². The van der Waals surface area contributed by atoms with Crippen LogP contribution in [0.15, 0.2) is 18.2 Å². The largest absolute Gasteiger partial charge is 0.326 e. The molecule has 0 aliphatic carbocycles. The number of fused-ring (bicyclic) bond motifs is 1. The Morgan fingerprint density at radius 1 is 1.38 bits per heavy atom. The van der Waals surface area contributed by atoms with Gasteiger partial charge in [0.2, 0.25) is 0 Å². The molecule has 3 nitrogen and oxygen atoms in total. The first kappa shape index (κ1) is 11.1. The maximum absolute atomic E-state index is 5.64. The molecular formula is C13H19N3. The molecule has 0 spiro atoms. The van der Waals surface area contributed by atoms with Gasteiger partial charge in [-0.15, -0.1) is 0 Å². The summed E-state index contributed by atoms with van der Waals surface area (Å²) in [7, 11) is 0. The predicted molar refractivity (Wildman–Crippen MR) is 67.4 cm³/mol. The number of nitrogens with zero attached hydrogens (tertiary/aromatic N) is 2. The minimum absolute atomic E-state index is 0.448. The average Bonchev–Trinajstić information content (AvgIpc) is 2.65. The van der Waals surface area contributed by atoms with Gasteiger partial charge in [-0.3, -0.25) is 0 Å². The first-order valence-electron chi connectivity index (χ1n) is 5.87. The van der Waals surface area contributed by atoms with E-state index in [1.807, 2.05) is 0 Å². The summed E-state index contributed by atoms with van der Waals surface area (Å²) in [5.74, 6) is 1.15. The molecule has 1 aromatic heterocycles. The van der Waals surface area contributed by atoms with Crippen LogP contribution in [0.25, 0.3) is 11.0 Å². The number of nitrogens with two attached hydrogens (primary N) is 1. The monoisotopic (exact) mass is 217 g/mol. The van der Waals surface area contributed by atoms with Crippen molar-refractivity contribution in [2.24, 2.45) is 5.73 Å². The highest BCUT2D eigenvalue weighted by Crippen LogP contribution is 2.22. The minimum atomic E-state index is 0.448. The summed E-state index contributed by atoms with van der Waals surface area (Å²) < 4.78 is 2.30. The van der Waals surface area contributed by atoms with E-state index in [4.69, 9.17) is 5.73 Å². The highest BCUT2D eigenvalue weighted by Gasteiger charge is 2.11. The summed E-state index contributed by atoms with van der Waals surface area (Å²) >= 11 is 0. The predicted octanol–water partition coefficient (Wildman–Crippen LogP) is 2.64. The standard InChI is InChI=1S/C13H19N3/c1-4-13-15-11-7-10(8-14)5-6-12(11)16(13)9(2)3/h5-7,9H,4,8,14H2,1-3H3. The van der Waals surface area contributed by atoms with Crippen LogP contribution < -0.4 is 5.73 Å². The zero-order valence-corrected chi connectivity index (χ0v) is 10.2. The van der Waals surface area contributed by atoms with Crippen LogP contribution in [0.3, 0.4) is 0 Å². The van der Waals surface area contributed by atoms with Crippen molar-refractivity contribution in [2.45, 2.75) is 39.8 Å². The molecule has 0 saturated heterocycles. The highest BCUT2D eigenvalue weighted by atomic mass is 15.1. The van der Waals surface area contributed by atoms with E-state index in [0.29, 0.717) is 12.6 Å². The molecule has 2 aromatic rings. The topological polar surface area (TPSA) is 43.8 Å². The third-order valence-corrected chi connectivity index (χ3v) is 2.90. The number of hydrogen-bond acceptors (Lipinski definition) is 2. The van der Waals surface area contributed by atoms with Gasteiger partial charge in [-0.1, -0.05) is 13.0 Å². The smallest absolute Gasteiger partial charge is 0.109 e. The van der Waals surface area contributed by atoms with E-state index in [-0.39, 0.29) is 0 Å². The lowest BCUT2D eigenvalue weighted by atomic mass is 10.2. The van der Waals surface area contributed by atoms with Gasteiger partial charge in [-0.2, -0.15) is 0 Å². The van der Waals surface area contributed by atoms with Gasteiger partial charge in [0.25, 0.3) is 0 Å². The van der Waals surface area contributed by atoms with Gasteiger partial charge in [-0.05, 0) is 31.5 Å². The van der Waals surface area contributed by atoms with E-state index in [0.717, 1.165) is 23.3 Å². The summed E-state index contributed by atoms with van der Waals surface area (Å²) in [5, 5.41) is 0. The van der Waals surface area contributed by atoms with Gasteiger partial charge in [-0.25, -0.2) is 4.98 Å². The van der Waals surface area contributed by atoms with Crippen LogP contribution in [-0.4, -0.2) is 9.55 Å². The fourth-order valence-electron chi connectivity index (χ4n) is 2.15. The van der Waals surface area contributed by atoms with Crippen LogP contribution in [0, 0.1) is 0 Å². The van der Waals surface area contributed by atoms with Gasteiger partial charge in [0.15, 0.2) is 0 Å². The van der Waals surface area contributed by atoms with E-state index in [2.05, 4.69) is 48.5 Å².